The summed E-state index contributed by atoms with van der Waals surface area (Å²) in [7, 11) is 1.57. The maximum absolute atomic E-state index is 11.9. The van der Waals surface area contributed by atoms with Crippen molar-refractivity contribution in [3.05, 3.63) is 65.7 Å². The lowest BCUT2D eigenvalue weighted by Gasteiger charge is -2.13. The Labute approximate surface area is 171 Å². The van der Waals surface area contributed by atoms with E-state index in [-0.39, 0.29) is 24.5 Å². The molecular formula is C23H28N2O4. The summed E-state index contributed by atoms with van der Waals surface area (Å²) in [5, 5.41) is 5.36. The van der Waals surface area contributed by atoms with Crippen molar-refractivity contribution >= 4 is 17.9 Å². The van der Waals surface area contributed by atoms with Crippen LogP contribution in [0.4, 0.5) is 0 Å². The van der Waals surface area contributed by atoms with Crippen LogP contribution in [0.25, 0.3) is 6.08 Å². The molecule has 0 aromatic heterocycles. The van der Waals surface area contributed by atoms with Gasteiger partial charge in [-0.25, -0.2) is 0 Å². The summed E-state index contributed by atoms with van der Waals surface area (Å²) in [6, 6.07) is 15.3. The van der Waals surface area contributed by atoms with Gasteiger partial charge in [0.15, 0.2) is 11.5 Å². The molecule has 2 aromatic carbocycles. The molecule has 0 radical (unpaired) electrons. The average molecular weight is 396 g/mol. The van der Waals surface area contributed by atoms with Crippen LogP contribution < -0.4 is 20.1 Å². The molecule has 6 nitrogen and oxygen atoms in total. The highest BCUT2D eigenvalue weighted by Crippen LogP contribution is 2.29. The first-order valence-electron chi connectivity index (χ1n) is 9.59. The molecule has 0 unspecified atom stereocenters. The van der Waals surface area contributed by atoms with Crippen molar-refractivity contribution in [2.24, 2.45) is 0 Å². The lowest BCUT2D eigenvalue weighted by Crippen LogP contribution is -2.37. The maximum atomic E-state index is 11.9. The molecule has 0 fully saturated rings. The van der Waals surface area contributed by atoms with Crippen LogP contribution in [0.1, 0.15) is 25.0 Å². The van der Waals surface area contributed by atoms with Crippen LogP contribution in [0.15, 0.2) is 54.6 Å². The third-order valence-corrected chi connectivity index (χ3v) is 3.98. The number of hydrogen-bond donors (Lipinski definition) is 2. The third-order valence-electron chi connectivity index (χ3n) is 3.98. The quantitative estimate of drug-likeness (QED) is 0.606. The van der Waals surface area contributed by atoms with Crippen LogP contribution in [0.3, 0.4) is 0 Å². The van der Waals surface area contributed by atoms with Crippen LogP contribution in [-0.2, 0) is 16.0 Å². The van der Waals surface area contributed by atoms with Crippen molar-refractivity contribution in [3.63, 3.8) is 0 Å². The van der Waals surface area contributed by atoms with E-state index in [0.29, 0.717) is 18.0 Å². The average Bonchev–Trinajstić information content (AvgIpc) is 2.72. The van der Waals surface area contributed by atoms with Gasteiger partial charge in [0.2, 0.25) is 11.8 Å². The fourth-order valence-corrected chi connectivity index (χ4v) is 2.59. The van der Waals surface area contributed by atoms with Gasteiger partial charge < -0.3 is 20.1 Å². The maximum Gasteiger partial charge on any atom is 0.244 e. The SMILES string of the molecule is COc1cc(/C=C/C(=O)NCC(=O)NCCc2ccccc2)ccc1OC(C)C. The fraction of sp³-hybridized carbons (Fsp3) is 0.304. The topological polar surface area (TPSA) is 76.7 Å². The second-order valence-corrected chi connectivity index (χ2v) is 6.71. The zero-order chi connectivity index (χ0) is 21.1. The number of methoxy groups -OCH3 is 1. The summed E-state index contributed by atoms with van der Waals surface area (Å²) in [5.41, 5.74) is 1.94. The summed E-state index contributed by atoms with van der Waals surface area (Å²) in [6.07, 6.45) is 3.83. The van der Waals surface area contributed by atoms with Crippen molar-refractivity contribution in [1.29, 1.82) is 0 Å². The Morgan fingerprint density at radius 2 is 1.79 bits per heavy atom. The first kappa shape index (κ1) is 22.0. The van der Waals surface area contributed by atoms with Gasteiger partial charge in [-0.15, -0.1) is 0 Å². The van der Waals surface area contributed by atoms with Crippen molar-refractivity contribution in [3.8, 4) is 11.5 Å². The van der Waals surface area contributed by atoms with Crippen LogP contribution in [0.2, 0.25) is 0 Å². The van der Waals surface area contributed by atoms with Crippen LogP contribution in [0.5, 0.6) is 11.5 Å². The number of hydrogen-bond acceptors (Lipinski definition) is 4. The summed E-state index contributed by atoms with van der Waals surface area (Å²) < 4.78 is 11.0. The van der Waals surface area contributed by atoms with E-state index in [1.165, 1.54) is 6.08 Å². The van der Waals surface area contributed by atoms with E-state index < -0.39 is 0 Å². The smallest absolute Gasteiger partial charge is 0.244 e. The molecule has 0 aliphatic rings. The number of amides is 2. The first-order chi connectivity index (χ1) is 14.0. The predicted octanol–water partition coefficient (Wildman–Crippen LogP) is 2.97. The highest BCUT2D eigenvalue weighted by Gasteiger charge is 2.07. The monoisotopic (exact) mass is 396 g/mol. The Hall–Kier alpha value is -3.28. The minimum absolute atomic E-state index is 0.0370. The number of rotatable bonds is 10. The highest BCUT2D eigenvalue weighted by atomic mass is 16.5. The molecule has 29 heavy (non-hydrogen) atoms. The summed E-state index contributed by atoms with van der Waals surface area (Å²) in [5.74, 6) is 0.680. The lowest BCUT2D eigenvalue weighted by molar-refractivity contribution is -0.123. The highest BCUT2D eigenvalue weighted by molar-refractivity contribution is 5.94. The van der Waals surface area contributed by atoms with E-state index in [4.69, 9.17) is 9.47 Å². The van der Waals surface area contributed by atoms with Gasteiger partial charge in [-0.2, -0.15) is 0 Å². The number of nitrogens with one attached hydrogen (secondary N) is 2. The minimum Gasteiger partial charge on any atom is -0.493 e. The molecule has 2 rings (SSSR count). The standard InChI is InChI=1S/C23H28N2O4/c1-17(2)29-20-11-9-19(15-21(20)28-3)10-12-22(26)25-16-23(27)24-14-13-18-7-5-4-6-8-18/h4-12,15,17H,13-14,16H2,1-3H3,(H,24,27)(H,25,26)/b12-10+. The molecule has 6 heteroatoms. The van der Waals surface area contributed by atoms with E-state index in [2.05, 4.69) is 10.6 Å². The van der Waals surface area contributed by atoms with Gasteiger partial charge in [0.05, 0.1) is 19.8 Å². The normalized spacial score (nSPS) is 10.8. The van der Waals surface area contributed by atoms with E-state index in [1.807, 2.05) is 50.2 Å². The Bertz CT molecular complexity index is 832. The molecule has 0 saturated heterocycles. The van der Waals surface area contributed by atoms with Gasteiger partial charge in [0.1, 0.15) is 0 Å². The molecule has 154 valence electrons. The van der Waals surface area contributed by atoms with Crippen LogP contribution in [0, 0.1) is 0 Å². The molecule has 0 aliphatic heterocycles. The molecule has 2 N–H and O–H groups in total. The Kier molecular flexibility index (Phi) is 8.76. The van der Waals surface area contributed by atoms with E-state index in [1.54, 1.807) is 25.3 Å². The summed E-state index contributed by atoms with van der Waals surface area (Å²) in [6.45, 7) is 4.34. The van der Waals surface area contributed by atoms with E-state index in [9.17, 15) is 9.59 Å². The molecule has 0 bridgehead atoms. The van der Waals surface area contributed by atoms with Gasteiger partial charge in [-0.3, -0.25) is 9.59 Å². The molecular weight excluding hydrogens is 368 g/mol. The Morgan fingerprint density at radius 1 is 1.03 bits per heavy atom. The second-order valence-electron chi connectivity index (χ2n) is 6.71. The molecule has 2 aromatic rings. The largest absolute Gasteiger partial charge is 0.493 e. The molecule has 0 aliphatic carbocycles. The van der Waals surface area contributed by atoms with Gasteiger partial charge in [-0.05, 0) is 49.6 Å². The van der Waals surface area contributed by atoms with E-state index in [0.717, 1.165) is 17.5 Å². The summed E-state index contributed by atoms with van der Waals surface area (Å²) >= 11 is 0. The molecule has 0 spiro atoms. The van der Waals surface area contributed by atoms with Crippen molar-refractivity contribution in [2.45, 2.75) is 26.4 Å². The van der Waals surface area contributed by atoms with Gasteiger partial charge >= 0.3 is 0 Å². The number of benzene rings is 2. The zero-order valence-corrected chi connectivity index (χ0v) is 17.1. The number of carbonyl (C=O) groups is 2. The number of ether oxygens (including phenoxy) is 2. The zero-order valence-electron chi connectivity index (χ0n) is 17.1. The molecule has 0 saturated carbocycles. The first-order valence-corrected chi connectivity index (χ1v) is 9.59. The van der Waals surface area contributed by atoms with Gasteiger partial charge in [0, 0.05) is 12.6 Å². The van der Waals surface area contributed by atoms with E-state index >= 15 is 0 Å². The van der Waals surface area contributed by atoms with Gasteiger partial charge in [0.25, 0.3) is 0 Å². The van der Waals surface area contributed by atoms with Crippen molar-refractivity contribution in [1.82, 2.24) is 10.6 Å². The second kappa shape index (κ2) is 11.5. The fourth-order valence-electron chi connectivity index (χ4n) is 2.59. The predicted molar refractivity (Wildman–Crippen MR) is 114 cm³/mol. The van der Waals surface area contributed by atoms with Gasteiger partial charge in [-0.1, -0.05) is 36.4 Å². The third kappa shape index (κ3) is 8.09. The molecule has 0 heterocycles. The minimum atomic E-state index is -0.343. The van der Waals surface area contributed by atoms with Crippen LogP contribution >= 0.6 is 0 Å². The summed E-state index contributed by atoms with van der Waals surface area (Å²) in [4.78, 5) is 23.8. The molecule has 0 atom stereocenters. The van der Waals surface area contributed by atoms with Crippen LogP contribution in [-0.4, -0.2) is 38.1 Å². The number of carbonyl (C=O) groups excluding carboxylic acids is 2. The van der Waals surface area contributed by atoms with Crippen molar-refractivity contribution in [2.75, 3.05) is 20.2 Å². The Morgan fingerprint density at radius 3 is 2.48 bits per heavy atom. The lowest BCUT2D eigenvalue weighted by atomic mass is 10.1. The Balaban J connectivity index is 1.76. The molecule has 2 amide bonds. The van der Waals surface area contributed by atoms with Crippen molar-refractivity contribution < 1.29 is 19.1 Å².